The van der Waals surface area contributed by atoms with E-state index in [-0.39, 0.29) is 12.3 Å². The number of anilines is 1. The average molecular weight is 560 g/mol. The first-order valence-electron chi connectivity index (χ1n) is 15.2. The normalized spacial score (nSPS) is 22.5. The van der Waals surface area contributed by atoms with E-state index in [1.165, 1.54) is 25.3 Å². The second kappa shape index (κ2) is 11.1. The summed E-state index contributed by atoms with van der Waals surface area (Å²) in [7, 11) is 0. The van der Waals surface area contributed by atoms with Gasteiger partial charge < -0.3 is 19.0 Å². The van der Waals surface area contributed by atoms with Gasteiger partial charge in [0.15, 0.2) is 5.89 Å². The van der Waals surface area contributed by atoms with Gasteiger partial charge in [-0.1, -0.05) is 6.07 Å². The van der Waals surface area contributed by atoms with Crippen molar-refractivity contribution in [1.29, 1.82) is 0 Å². The van der Waals surface area contributed by atoms with E-state index in [0.29, 0.717) is 49.3 Å². The molecule has 0 spiro atoms. The zero-order valence-corrected chi connectivity index (χ0v) is 23.7. The number of aromatic nitrogens is 3. The largest absolute Gasteiger partial charge is 0.493 e. The van der Waals surface area contributed by atoms with Crippen LogP contribution in [0, 0.1) is 30.5 Å². The first-order valence-corrected chi connectivity index (χ1v) is 15.2. The zero-order valence-electron chi connectivity index (χ0n) is 23.7. The predicted molar refractivity (Wildman–Crippen MR) is 151 cm³/mol. The Morgan fingerprint density at radius 2 is 1.93 bits per heavy atom. The standard InChI is InChI=1S/C32H38FN5O3/c1-20-17-34-32(35-18-20)37-10-6-21(7-11-37)26-14-23(26)9-13-40-25-5-4-24(27(33)16-25)15-30(39)38-12-8-28-29(19-38)41-31(36-28)22-2-3-22/h4-5,16-18,21-23,26H,2-3,6-15,19H2,1H3/t23-,26-/m1/s1. The molecule has 2 saturated carbocycles. The van der Waals surface area contributed by atoms with Gasteiger partial charge >= 0.3 is 0 Å². The maximum absolute atomic E-state index is 14.9. The Labute approximate surface area is 240 Å². The van der Waals surface area contributed by atoms with E-state index in [2.05, 4.69) is 19.9 Å². The molecule has 41 heavy (non-hydrogen) atoms. The number of nitrogens with zero attached hydrogens (tertiary/aromatic N) is 5. The molecule has 216 valence electrons. The van der Waals surface area contributed by atoms with Crippen LogP contribution in [0.4, 0.5) is 10.3 Å². The van der Waals surface area contributed by atoms with E-state index in [1.807, 2.05) is 19.3 Å². The molecule has 2 aromatic heterocycles. The van der Waals surface area contributed by atoms with Gasteiger partial charge in [0, 0.05) is 50.4 Å². The molecular formula is C32H38FN5O3. The Kier molecular flexibility index (Phi) is 7.13. The molecule has 0 N–H and O–H groups in total. The lowest BCUT2D eigenvalue weighted by atomic mass is 9.90. The molecule has 4 heterocycles. The first-order chi connectivity index (χ1) is 20.0. The minimum atomic E-state index is -0.391. The van der Waals surface area contributed by atoms with Gasteiger partial charge in [-0.05, 0) is 80.4 Å². The highest BCUT2D eigenvalue weighted by molar-refractivity contribution is 5.79. The Morgan fingerprint density at radius 3 is 2.68 bits per heavy atom. The van der Waals surface area contributed by atoms with Crippen LogP contribution >= 0.6 is 0 Å². The lowest BCUT2D eigenvalue weighted by molar-refractivity contribution is -0.131. The van der Waals surface area contributed by atoms with Crippen LogP contribution in [0.3, 0.4) is 0 Å². The van der Waals surface area contributed by atoms with Gasteiger partial charge in [-0.3, -0.25) is 4.79 Å². The quantitative estimate of drug-likeness (QED) is 0.355. The predicted octanol–water partition coefficient (Wildman–Crippen LogP) is 5.24. The Morgan fingerprint density at radius 1 is 1.12 bits per heavy atom. The van der Waals surface area contributed by atoms with Crippen molar-refractivity contribution in [2.75, 3.05) is 31.1 Å². The molecule has 1 aromatic carbocycles. The molecule has 4 aliphatic rings. The van der Waals surface area contributed by atoms with Gasteiger partial charge in [0.25, 0.3) is 0 Å². The summed E-state index contributed by atoms with van der Waals surface area (Å²) in [6.07, 6.45) is 11.4. The lowest BCUT2D eigenvalue weighted by Crippen LogP contribution is -2.36. The van der Waals surface area contributed by atoms with Crippen molar-refractivity contribution in [3.8, 4) is 5.75 Å². The van der Waals surface area contributed by atoms with Crippen molar-refractivity contribution < 1.29 is 18.3 Å². The minimum Gasteiger partial charge on any atom is -0.493 e. The molecule has 1 amide bonds. The molecule has 2 aliphatic carbocycles. The molecule has 2 aliphatic heterocycles. The van der Waals surface area contributed by atoms with Gasteiger partial charge in [0.05, 0.1) is 25.3 Å². The molecule has 3 fully saturated rings. The third-order valence-electron chi connectivity index (χ3n) is 9.32. The van der Waals surface area contributed by atoms with E-state index in [1.54, 1.807) is 17.0 Å². The second-order valence-electron chi connectivity index (χ2n) is 12.4. The SMILES string of the molecule is Cc1cnc(N2CCC([C@H]3C[C@H]3CCOc3ccc(CC(=O)N4CCc5nc(C6CC6)oc5C4)c(F)c3)CC2)nc1. The lowest BCUT2D eigenvalue weighted by Gasteiger charge is -2.32. The molecule has 0 radical (unpaired) electrons. The summed E-state index contributed by atoms with van der Waals surface area (Å²) in [5.41, 5.74) is 2.45. The van der Waals surface area contributed by atoms with E-state index in [9.17, 15) is 9.18 Å². The maximum atomic E-state index is 14.9. The first kappa shape index (κ1) is 26.4. The van der Waals surface area contributed by atoms with Gasteiger partial charge in [-0.2, -0.15) is 0 Å². The zero-order chi connectivity index (χ0) is 27.9. The maximum Gasteiger partial charge on any atom is 0.227 e. The Bertz CT molecular complexity index is 1400. The number of halogens is 1. The van der Waals surface area contributed by atoms with Crippen LogP contribution in [-0.4, -0.2) is 52.0 Å². The number of aryl methyl sites for hydroxylation is 1. The van der Waals surface area contributed by atoms with Gasteiger partial charge in [0.2, 0.25) is 11.9 Å². The average Bonchev–Trinajstić information content (AvgIpc) is 3.92. The van der Waals surface area contributed by atoms with Crippen molar-refractivity contribution in [3.63, 3.8) is 0 Å². The minimum absolute atomic E-state index is 0.0314. The second-order valence-corrected chi connectivity index (χ2v) is 12.4. The van der Waals surface area contributed by atoms with Crippen LogP contribution in [0.2, 0.25) is 0 Å². The molecule has 3 aromatic rings. The topological polar surface area (TPSA) is 84.6 Å². The van der Waals surface area contributed by atoms with E-state index >= 15 is 0 Å². The highest BCUT2D eigenvalue weighted by atomic mass is 19.1. The molecule has 0 bridgehead atoms. The smallest absolute Gasteiger partial charge is 0.227 e. The van der Waals surface area contributed by atoms with Crippen molar-refractivity contribution in [1.82, 2.24) is 19.9 Å². The van der Waals surface area contributed by atoms with Crippen molar-refractivity contribution in [3.05, 3.63) is 64.9 Å². The molecule has 8 nitrogen and oxygen atoms in total. The van der Waals surface area contributed by atoms with Crippen LogP contribution in [0.15, 0.2) is 35.0 Å². The molecule has 1 saturated heterocycles. The summed E-state index contributed by atoms with van der Waals surface area (Å²) >= 11 is 0. The fraction of sp³-hybridized carbons (Fsp3) is 0.562. The highest BCUT2D eigenvalue weighted by Crippen LogP contribution is 2.50. The summed E-state index contributed by atoms with van der Waals surface area (Å²) in [5, 5.41) is 0. The summed E-state index contributed by atoms with van der Waals surface area (Å²) in [6, 6.07) is 4.89. The number of piperidine rings is 1. The molecule has 0 unspecified atom stereocenters. The number of oxazole rings is 1. The number of hydrogen-bond donors (Lipinski definition) is 0. The fourth-order valence-corrected chi connectivity index (χ4v) is 6.55. The number of hydrogen-bond acceptors (Lipinski definition) is 7. The van der Waals surface area contributed by atoms with Crippen LogP contribution in [0.5, 0.6) is 5.75 Å². The summed E-state index contributed by atoms with van der Waals surface area (Å²) in [6.45, 7) is 5.64. The molecular weight excluding hydrogens is 521 g/mol. The summed E-state index contributed by atoms with van der Waals surface area (Å²) < 4.78 is 26.7. The van der Waals surface area contributed by atoms with Crippen molar-refractivity contribution in [2.24, 2.45) is 17.8 Å². The van der Waals surface area contributed by atoms with E-state index < -0.39 is 5.82 Å². The third-order valence-corrected chi connectivity index (χ3v) is 9.32. The Hall–Kier alpha value is -3.49. The van der Waals surface area contributed by atoms with Crippen molar-refractivity contribution in [2.45, 2.75) is 70.8 Å². The number of benzene rings is 1. The van der Waals surface area contributed by atoms with E-state index in [0.717, 1.165) is 73.0 Å². The van der Waals surface area contributed by atoms with Crippen LogP contribution in [-0.2, 0) is 24.2 Å². The van der Waals surface area contributed by atoms with Gasteiger partial charge in [0.1, 0.15) is 17.3 Å². The number of ether oxygens (including phenoxy) is 1. The van der Waals surface area contributed by atoms with E-state index in [4.69, 9.17) is 9.15 Å². The molecule has 9 heteroatoms. The number of rotatable bonds is 9. The van der Waals surface area contributed by atoms with Gasteiger partial charge in [-0.15, -0.1) is 0 Å². The van der Waals surface area contributed by atoms with Crippen LogP contribution < -0.4 is 9.64 Å². The Balaban J connectivity index is 0.840. The highest BCUT2D eigenvalue weighted by Gasteiger charge is 2.43. The summed E-state index contributed by atoms with van der Waals surface area (Å²) in [5.74, 6) is 5.17. The number of amides is 1. The third kappa shape index (κ3) is 5.95. The van der Waals surface area contributed by atoms with Gasteiger partial charge in [-0.25, -0.2) is 19.3 Å². The summed E-state index contributed by atoms with van der Waals surface area (Å²) in [4.78, 5) is 30.6. The van der Waals surface area contributed by atoms with Crippen molar-refractivity contribution >= 4 is 11.9 Å². The fourth-order valence-electron chi connectivity index (χ4n) is 6.55. The number of carbonyl (C=O) groups excluding carboxylic acids is 1. The van der Waals surface area contributed by atoms with Crippen LogP contribution in [0.1, 0.15) is 72.9 Å². The van der Waals surface area contributed by atoms with Crippen LogP contribution in [0.25, 0.3) is 0 Å². The molecule has 7 rings (SSSR count). The molecule has 2 atom stereocenters. The number of carbonyl (C=O) groups is 1. The monoisotopic (exact) mass is 559 g/mol. The number of fused-ring (bicyclic) bond motifs is 1.